The molecule has 6 rings (SSSR count). The third-order valence-corrected chi connectivity index (χ3v) is 7.87. The van der Waals surface area contributed by atoms with Crippen LogP contribution in [-0.2, 0) is 9.53 Å². The van der Waals surface area contributed by atoms with Gasteiger partial charge in [-0.25, -0.2) is 19.0 Å². The van der Waals surface area contributed by atoms with Crippen LogP contribution in [0.3, 0.4) is 0 Å². The summed E-state index contributed by atoms with van der Waals surface area (Å²) in [6.45, 7) is 1.80. The van der Waals surface area contributed by atoms with E-state index in [0.717, 1.165) is 11.3 Å². The molecule has 5 aromatic rings. The largest absolute Gasteiger partial charge is 0.478 e. The van der Waals surface area contributed by atoms with Crippen molar-refractivity contribution in [2.45, 2.75) is 13.0 Å². The summed E-state index contributed by atoms with van der Waals surface area (Å²) in [7, 11) is 0. The molecule has 10 heteroatoms. The number of fused-ring (bicyclic) bond motifs is 1. The number of hydrogen-bond acceptors (Lipinski definition) is 7. The molecule has 1 aliphatic heterocycles. The summed E-state index contributed by atoms with van der Waals surface area (Å²) in [5.41, 5.74) is 1.72. The predicted molar refractivity (Wildman–Crippen MR) is 159 cm³/mol. The van der Waals surface area contributed by atoms with E-state index in [1.807, 2.05) is 30.3 Å². The molecule has 1 aliphatic rings. The van der Waals surface area contributed by atoms with Crippen LogP contribution < -0.4 is 14.9 Å². The van der Waals surface area contributed by atoms with Crippen molar-refractivity contribution in [1.82, 2.24) is 4.57 Å². The Bertz CT molecular complexity index is 2070. The van der Waals surface area contributed by atoms with Crippen molar-refractivity contribution >= 4 is 35.0 Å². The average Bonchev–Trinajstić information content (AvgIpc) is 3.61. The Balaban J connectivity index is 1.55. The first-order chi connectivity index (χ1) is 20.9. The molecule has 1 atom stereocenters. The first-order valence-corrected chi connectivity index (χ1v) is 14.1. The van der Waals surface area contributed by atoms with Crippen LogP contribution in [0.15, 0.2) is 111 Å². The zero-order valence-electron chi connectivity index (χ0n) is 22.7. The normalized spacial score (nSPS) is 14.7. The molecule has 3 aromatic carbocycles. The number of carboxylic acid groups (broad SMARTS) is 1. The number of thiazole rings is 1. The van der Waals surface area contributed by atoms with Gasteiger partial charge >= 0.3 is 11.9 Å². The maximum atomic E-state index is 14.0. The molecule has 0 unspecified atom stereocenters. The van der Waals surface area contributed by atoms with E-state index in [1.165, 1.54) is 34.9 Å². The average molecular weight is 595 g/mol. The third-order valence-electron chi connectivity index (χ3n) is 6.88. The van der Waals surface area contributed by atoms with Gasteiger partial charge in [-0.2, -0.15) is 0 Å². The quantitative estimate of drug-likeness (QED) is 0.265. The Morgan fingerprint density at radius 2 is 1.74 bits per heavy atom. The highest BCUT2D eigenvalue weighted by molar-refractivity contribution is 7.07. The highest BCUT2D eigenvalue weighted by Gasteiger charge is 2.35. The van der Waals surface area contributed by atoms with Gasteiger partial charge in [-0.05, 0) is 42.8 Å². The van der Waals surface area contributed by atoms with Crippen LogP contribution in [0.5, 0.6) is 0 Å². The molecule has 8 nitrogen and oxygen atoms in total. The smallest absolute Gasteiger partial charge is 0.338 e. The summed E-state index contributed by atoms with van der Waals surface area (Å²) in [6, 6.07) is 23.5. The fraction of sp³-hybridized carbons (Fsp3) is 0.0909. The molecule has 0 spiro atoms. The van der Waals surface area contributed by atoms with Crippen molar-refractivity contribution in [2.75, 3.05) is 6.61 Å². The van der Waals surface area contributed by atoms with E-state index in [-0.39, 0.29) is 22.3 Å². The molecule has 0 bridgehead atoms. The van der Waals surface area contributed by atoms with Crippen LogP contribution >= 0.6 is 11.3 Å². The number of nitrogens with zero attached hydrogens (tertiary/aromatic N) is 2. The summed E-state index contributed by atoms with van der Waals surface area (Å²) < 4.78 is 27.0. The predicted octanol–water partition coefficient (Wildman–Crippen LogP) is 5.03. The van der Waals surface area contributed by atoms with Gasteiger partial charge < -0.3 is 14.3 Å². The van der Waals surface area contributed by atoms with Crippen LogP contribution in [0.25, 0.3) is 23.1 Å². The van der Waals surface area contributed by atoms with E-state index in [0.29, 0.717) is 38.7 Å². The molecule has 1 N–H and O–H groups in total. The summed E-state index contributed by atoms with van der Waals surface area (Å²) in [5, 5.41) is 9.57. The Hall–Kier alpha value is -5.35. The van der Waals surface area contributed by atoms with Crippen molar-refractivity contribution in [3.05, 3.63) is 145 Å². The molecule has 214 valence electrons. The fourth-order valence-electron chi connectivity index (χ4n) is 4.99. The van der Waals surface area contributed by atoms with Gasteiger partial charge in [-0.3, -0.25) is 9.36 Å². The maximum Gasteiger partial charge on any atom is 0.338 e. The van der Waals surface area contributed by atoms with Crippen molar-refractivity contribution in [3.8, 4) is 11.3 Å². The van der Waals surface area contributed by atoms with E-state index in [1.54, 1.807) is 43.3 Å². The monoisotopic (exact) mass is 594 g/mol. The van der Waals surface area contributed by atoms with E-state index >= 15 is 0 Å². The second-order valence-corrected chi connectivity index (χ2v) is 10.5. The van der Waals surface area contributed by atoms with E-state index < -0.39 is 29.4 Å². The van der Waals surface area contributed by atoms with Crippen molar-refractivity contribution in [3.63, 3.8) is 0 Å². The molecule has 0 saturated heterocycles. The van der Waals surface area contributed by atoms with Crippen molar-refractivity contribution < 1.29 is 28.2 Å². The number of hydrogen-bond donors (Lipinski definition) is 1. The summed E-state index contributed by atoms with van der Waals surface area (Å²) in [4.78, 5) is 44.3. The number of ether oxygens (including phenoxy) is 1. The zero-order valence-corrected chi connectivity index (χ0v) is 23.5. The molecule has 0 aliphatic carbocycles. The number of benzene rings is 3. The molecular weight excluding hydrogens is 571 g/mol. The van der Waals surface area contributed by atoms with Crippen LogP contribution in [-0.4, -0.2) is 28.2 Å². The summed E-state index contributed by atoms with van der Waals surface area (Å²) in [6.07, 6.45) is 1.55. The summed E-state index contributed by atoms with van der Waals surface area (Å²) in [5.74, 6) is -1.53. The lowest BCUT2D eigenvalue weighted by Crippen LogP contribution is -2.40. The lowest BCUT2D eigenvalue weighted by atomic mass is 9.93. The SMILES string of the molecule is CCOC(=O)C1=C(c2ccccc2)N=c2sc(=Cc3ccc(-c4ccccc4C(=O)O)o3)c(=O)n2[C@H]1c1ccc(F)cc1. The Labute approximate surface area is 248 Å². The Kier molecular flexibility index (Phi) is 7.43. The lowest BCUT2D eigenvalue weighted by Gasteiger charge is -2.25. The number of esters is 1. The number of carboxylic acids is 1. The highest BCUT2D eigenvalue weighted by atomic mass is 32.1. The van der Waals surface area contributed by atoms with E-state index in [9.17, 15) is 23.9 Å². The van der Waals surface area contributed by atoms with Crippen LogP contribution in [0.2, 0.25) is 0 Å². The van der Waals surface area contributed by atoms with Gasteiger partial charge in [0.1, 0.15) is 17.3 Å². The van der Waals surface area contributed by atoms with Gasteiger partial charge in [0.05, 0.1) is 34.0 Å². The minimum absolute atomic E-state index is 0.0852. The van der Waals surface area contributed by atoms with E-state index in [4.69, 9.17) is 14.1 Å². The Morgan fingerprint density at radius 1 is 1.02 bits per heavy atom. The van der Waals surface area contributed by atoms with Crippen LogP contribution in [0.1, 0.15) is 40.2 Å². The first-order valence-electron chi connectivity index (χ1n) is 13.3. The maximum absolute atomic E-state index is 14.0. The number of aromatic carboxylic acids is 1. The van der Waals surface area contributed by atoms with Gasteiger partial charge in [0, 0.05) is 17.2 Å². The van der Waals surface area contributed by atoms with Crippen molar-refractivity contribution in [1.29, 1.82) is 0 Å². The molecule has 2 aromatic heterocycles. The van der Waals surface area contributed by atoms with Crippen LogP contribution in [0.4, 0.5) is 4.39 Å². The zero-order chi connectivity index (χ0) is 30.1. The van der Waals surface area contributed by atoms with Gasteiger partial charge in [-0.1, -0.05) is 72.0 Å². The number of rotatable bonds is 7. The molecule has 0 amide bonds. The number of furan rings is 1. The fourth-order valence-corrected chi connectivity index (χ4v) is 5.97. The van der Waals surface area contributed by atoms with Gasteiger partial charge in [0.2, 0.25) is 0 Å². The molecule has 0 fully saturated rings. The number of carbonyl (C=O) groups is 2. The van der Waals surface area contributed by atoms with Crippen molar-refractivity contribution in [2.24, 2.45) is 4.99 Å². The minimum Gasteiger partial charge on any atom is -0.478 e. The van der Waals surface area contributed by atoms with Gasteiger partial charge in [0.15, 0.2) is 4.80 Å². The molecule has 0 saturated carbocycles. The molecule has 3 heterocycles. The number of aromatic nitrogens is 1. The topological polar surface area (TPSA) is 111 Å². The number of halogens is 1. The van der Waals surface area contributed by atoms with Gasteiger partial charge in [0.25, 0.3) is 5.56 Å². The van der Waals surface area contributed by atoms with E-state index in [2.05, 4.69) is 0 Å². The third kappa shape index (κ3) is 5.24. The van der Waals surface area contributed by atoms with Crippen LogP contribution in [0, 0.1) is 5.82 Å². The molecule has 0 radical (unpaired) electrons. The molecule has 43 heavy (non-hydrogen) atoms. The first kappa shape index (κ1) is 27.8. The van der Waals surface area contributed by atoms with Gasteiger partial charge in [-0.15, -0.1) is 0 Å². The lowest BCUT2D eigenvalue weighted by molar-refractivity contribution is -0.138. The second-order valence-electron chi connectivity index (χ2n) is 9.54. The highest BCUT2D eigenvalue weighted by Crippen LogP contribution is 2.35. The second kappa shape index (κ2) is 11.5. The Morgan fingerprint density at radius 3 is 2.47 bits per heavy atom. The number of carbonyl (C=O) groups excluding carboxylic acids is 1. The molecular formula is C33H23FN2O6S. The minimum atomic E-state index is -1.09. The summed E-state index contributed by atoms with van der Waals surface area (Å²) >= 11 is 1.11. The standard InChI is InChI=1S/C33H23FN2O6S/c1-2-41-32(40)27-28(19-8-4-3-5-9-19)35-33-36(29(27)20-12-14-21(34)15-13-20)30(37)26(43-33)18-22-16-17-25(42-22)23-10-6-7-11-24(23)31(38)39/h3-18,29H,2H2,1H3,(H,38,39)/t29-/m0/s1.